The molecule has 2 aromatic carbocycles. The number of benzene rings is 2. The average Bonchev–Trinajstić information content (AvgIpc) is 2.46. The predicted octanol–water partition coefficient (Wildman–Crippen LogP) is 3.61. The molecule has 4 nitrogen and oxygen atoms in total. The van der Waals surface area contributed by atoms with Crippen molar-refractivity contribution in [1.29, 1.82) is 0 Å². The van der Waals surface area contributed by atoms with Crippen molar-refractivity contribution in [3.63, 3.8) is 0 Å². The van der Waals surface area contributed by atoms with Crippen molar-refractivity contribution in [2.75, 3.05) is 17.3 Å². The van der Waals surface area contributed by atoms with E-state index in [1.807, 2.05) is 36.4 Å². The van der Waals surface area contributed by atoms with Crippen LogP contribution in [0.3, 0.4) is 0 Å². The van der Waals surface area contributed by atoms with Gasteiger partial charge in [-0.15, -0.1) is 0 Å². The van der Waals surface area contributed by atoms with Gasteiger partial charge in [0.05, 0.1) is 6.42 Å². The van der Waals surface area contributed by atoms with Crippen LogP contribution >= 0.6 is 15.9 Å². The van der Waals surface area contributed by atoms with Crippen LogP contribution in [0.4, 0.5) is 11.4 Å². The fourth-order valence-corrected chi connectivity index (χ4v) is 2.50. The van der Waals surface area contributed by atoms with E-state index in [1.54, 1.807) is 24.1 Å². The number of nitrogens with zero attached hydrogens (tertiary/aromatic N) is 1. The predicted molar refractivity (Wildman–Crippen MR) is 92.0 cm³/mol. The highest BCUT2D eigenvalue weighted by Crippen LogP contribution is 2.19. The molecule has 114 valence electrons. The van der Waals surface area contributed by atoms with Gasteiger partial charge in [0.1, 0.15) is 0 Å². The molecule has 2 rings (SSSR count). The molecule has 0 atom stereocenters. The lowest BCUT2D eigenvalue weighted by molar-refractivity contribution is -0.117. The van der Waals surface area contributed by atoms with Crippen LogP contribution in [0.15, 0.2) is 53.0 Å². The van der Waals surface area contributed by atoms with Crippen LogP contribution in [0.2, 0.25) is 0 Å². The van der Waals surface area contributed by atoms with Crippen molar-refractivity contribution >= 4 is 39.1 Å². The number of hydrogen-bond donors (Lipinski definition) is 1. The smallest absolute Gasteiger partial charge is 0.231 e. The summed E-state index contributed by atoms with van der Waals surface area (Å²) < 4.78 is 0.958. The zero-order valence-corrected chi connectivity index (χ0v) is 14.1. The zero-order chi connectivity index (χ0) is 16.1. The van der Waals surface area contributed by atoms with Crippen molar-refractivity contribution in [2.45, 2.75) is 13.3 Å². The lowest BCUT2D eigenvalue weighted by Crippen LogP contribution is -2.27. The van der Waals surface area contributed by atoms with E-state index < -0.39 is 0 Å². The first-order valence-electron chi connectivity index (χ1n) is 6.84. The minimum atomic E-state index is -0.119. The van der Waals surface area contributed by atoms with E-state index >= 15 is 0 Å². The molecule has 5 heteroatoms. The monoisotopic (exact) mass is 360 g/mol. The van der Waals surface area contributed by atoms with Crippen molar-refractivity contribution in [2.24, 2.45) is 0 Å². The molecule has 0 spiro atoms. The van der Waals surface area contributed by atoms with Crippen LogP contribution in [-0.4, -0.2) is 18.9 Å². The molecule has 1 N–H and O–H groups in total. The molecule has 0 saturated carbocycles. The second-order valence-corrected chi connectivity index (χ2v) is 5.90. The maximum absolute atomic E-state index is 12.3. The number of carbonyl (C=O) groups excluding carboxylic acids is 2. The quantitative estimate of drug-likeness (QED) is 0.905. The highest BCUT2D eigenvalue weighted by atomic mass is 79.9. The second-order valence-electron chi connectivity index (χ2n) is 4.99. The number of hydrogen-bond acceptors (Lipinski definition) is 2. The largest absolute Gasteiger partial charge is 0.326 e. The fourth-order valence-electron chi connectivity index (χ4n) is 2.06. The van der Waals surface area contributed by atoms with Gasteiger partial charge in [0.25, 0.3) is 0 Å². The van der Waals surface area contributed by atoms with Gasteiger partial charge in [-0.3, -0.25) is 9.59 Å². The Morgan fingerprint density at radius 1 is 1.14 bits per heavy atom. The maximum Gasteiger partial charge on any atom is 0.231 e. The topological polar surface area (TPSA) is 49.4 Å². The minimum Gasteiger partial charge on any atom is -0.326 e. The highest BCUT2D eigenvalue weighted by molar-refractivity contribution is 9.10. The SMILES string of the molecule is CC(=O)Nc1ccc(N(C)C(=O)Cc2cccc(Br)c2)cc1. The summed E-state index contributed by atoms with van der Waals surface area (Å²) in [5, 5.41) is 2.70. The summed E-state index contributed by atoms with van der Waals surface area (Å²) in [6.45, 7) is 1.46. The third-order valence-electron chi connectivity index (χ3n) is 3.19. The highest BCUT2D eigenvalue weighted by Gasteiger charge is 2.12. The van der Waals surface area contributed by atoms with Gasteiger partial charge in [0.15, 0.2) is 0 Å². The molecule has 0 radical (unpaired) electrons. The molecule has 22 heavy (non-hydrogen) atoms. The van der Waals surface area contributed by atoms with Gasteiger partial charge >= 0.3 is 0 Å². The van der Waals surface area contributed by atoms with E-state index in [-0.39, 0.29) is 11.8 Å². The van der Waals surface area contributed by atoms with Crippen LogP contribution < -0.4 is 10.2 Å². The lowest BCUT2D eigenvalue weighted by Gasteiger charge is -2.18. The van der Waals surface area contributed by atoms with Gasteiger partial charge in [0.2, 0.25) is 11.8 Å². The standard InChI is InChI=1S/C17H17BrN2O2/c1-12(21)19-15-6-8-16(9-7-15)20(2)17(22)11-13-4-3-5-14(18)10-13/h3-10H,11H2,1-2H3,(H,19,21). The summed E-state index contributed by atoms with van der Waals surface area (Å²) in [5.41, 5.74) is 2.46. The van der Waals surface area contributed by atoms with Crippen LogP contribution in [0.1, 0.15) is 12.5 Å². The molecule has 0 saturated heterocycles. The first-order valence-corrected chi connectivity index (χ1v) is 7.63. The number of likely N-dealkylation sites (N-methyl/N-ethyl adjacent to an activating group) is 1. The summed E-state index contributed by atoms with van der Waals surface area (Å²) in [6.07, 6.45) is 0.337. The molecule has 0 unspecified atom stereocenters. The Labute approximate surface area is 138 Å². The molecular weight excluding hydrogens is 344 g/mol. The van der Waals surface area contributed by atoms with Crippen LogP contribution in [0.5, 0.6) is 0 Å². The Balaban J connectivity index is 2.05. The number of carbonyl (C=O) groups is 2. The average molecular weight is 361 g/mol. The molecule has 2 aromatic rings. The molecular formula is C17H17BrN2O2. The number of nitrogens with one attached hydrogen (secondary N) is 1. The van der Waals surface area contributed by atoms with Gasteiger partial charge in [-0.25, -0.2) is 0 Å². The second kappa shape index (κ2) is 7.22. The van der Waals surface area contributed by atoms with Crippen molar-refractivity contribution < 1.29 is 9.59 Å². The minimum absolute atomic E-state index is 0.00498. The summed E-state index contributed by atoms with van der Waals surface area (Å²) in [4.78, 5) is 24.9. The molecule has 0 aliphatic rings. The van der Waals surface area contributed by atoms with Crippen molar-refractivity contribution in [1.82, 2.24) is 0 Å². The van der Waals surface area contributed by atoms with Crippen LogP contribution in [-0.2, 0) is 16.0 Å². The summed E-state index contributed by atoms with van der Waals surface area (Å²) in [7, 11) is 1.74. The van der Waals surface area contributed by atoms with E-state index in [9.17, 15) is 9.59 Å². The summed E-state index contributed by atoms with van der Waals surface area (Å²) in [6, 6.07) is 14.9. The van der Waals surface area contributed by atoms with Crippen LogP contribution in [0.25, 0.3) is 0 Å². The van der Waals surface area contributed by atoms with E-state index in [0.717, 1.165) is 15.7 Å². The van der Waals surface area contributed by atoms with E-state index in [1.165, 1.54) is 6.92 Å². The Hall–Kier alpha value is -2.14. The molecule has 0 aliphatic heterocycles. The van der Waals surface area contributed by atoms with E-state index in [2.05, 4.69) is 21.2 Å². The summed E-state index contributed by atoms with van der Waals surface area (Å²) in [5.74, 6) is -0.114. The van der Waals surface area contributed by atoms with Crippen molar-refractivity contribution in [3.8, 4) is 0 Å². The van der Waals surface area contributed by atoms with Gasteiger partial charge in [0, 0.05) is 29.8 Å². The molecule has 0 bridgehead atoms. The van der Waals surface area contributed by atoms with E-state index in [0.29, 0.717) is 12.1 Å². The summed E-state index contributed by atoms with van der Waals surface area (Å²) >= 11 is 3.40. The Morgan fingerprint density at radius 3 is 2.41 bits per heavy atom. The zero-order valence-electron chi connectivity index (χ0n) is 12.5. The number of rotatable bonds is 4. The third-order valence-corrected chi connectivity index (χ3v) is 3.69. The molecule has 0 aliphatic carbocycles. The number of halogens is 1. The third kappa shape index (κ3) is 4.43. The van der Waals surface area contributed by atoms with Gasteiger partial charge in [-0.2, -0.15) is 0 Å². The van der Waals surface area contributed by atoms with Crippen molar-refractivity contribution in [3.05, 3.63) is 58.6 Å². The Bertz CT molecular complexity index is 683. The normalized spacial score (nSPS) is 10.1. The molecule has 0 fully saturated rings. The first kappa shape index (κ1) is 16.2. The Morgan fingerprint density at radius 2 is 1.82 bits per heavy atom. The number of anilines is 2. The van der Waals surface area contributed by atoms with Gasteiger partial charge in [-0.05, 0) is 42.0 Å². The molecule has 0 aromatic heterocycles. The van der Waals surface area contributed by atoms with Crippen LogP contribution in [0, 0.1) is 0 Å². The first-order chi connectivity index (χ1) is 10.5. The maximum atomic E-state index is 12.3. The molecule has 0 heterocycles. The molecule has 2 amide bonds. The van der Waals surface area contributed by atoms with Gasteiger partial charge in [-0.1, -0.05) is 28.1 Å². The lowest BCUT2D eigenvalue weighted by atomic mass is 10.1. The van der Waals surface area contributed by atoms with Gasteiger partial charge < -0.3 is 10.2 Å². The van der Waals surface area contributed by atoms with E-state index in [4.69, 9.17) is 0 Å². The fraction of sp³-hybridized carbons (Fsp3) is 0.176. The number of amides is 2. The Kier molecular flexibility index (Phi) is 5.33.